The number of pyridine rings is 1. The molecule has 1 heterocycles. The van der Waals surface area contributed by atoms with Gasteiger partial charge in [0.15, 0.2) is 0 Å². The average molecular weight is 333 g/mol. The number of para-hydroxylation sites is 1. The topological polar surface area (TPSA) is 46.5 Å². The summed E-state index contributed by atoms with van der Waals surface area (Å²) < 4.78 is 5.71. The van der Waals surface area contributed by atoms with E-state index in [2.05, 4.69) is 22.4 Å². The average Bonchev–Trinajstić information content (AvgIpc) is 2.66. The molecule has 128 valence electrons. The fourth-order valence-electron chi connectivity index (χ4n) is 2.49. The molecule has 0 saturated carbocycles. The van der Waals surface area contributed by atoms with Gasteiger partial charge in [-0.1, -0.05) is 38.0 Å². The van der Waals surface area contributed by atoms with Crippen LogP contribution in [0.15, 0.2) is 65.8 Å². The number of anilines is 1. The molecule has 0 saturated heterocycles. The molecule has 25 heavy (non-hydrogen) atoms. The Balaban J connectivity index is 1.54. The van der Waals surface area contributed by atoms with Crippen LogP contribution in [0.1, 0.15) is 31.7 Å². The van der Waals surface area contributed by atoms with E-state index in [9.17, 15) is 0 Å². The molecule has 3 rings (SSSR count). The monoisotopic (exact) mass is 333 g/mol. The molecule has 0 unspecified atom stereocenters. The maximum Gasteiger partial charge on any atom is 0.146 e. The summed E-state index contributed by atoms with van der Waals surface area (Å²) in [4.78, 5) is 4.52. The zero-order valence-corrected chi connectivity index (χ0v) is 14.5. The van der Waals surface area contributed by atoms with E-state index in [0.717, 1.165) is 41.1 Å². The van der Waals surface area contributed by atoms with Crippen molar-refractivity contribution in [3.8, 4) is 5.75 Å². The third-order valence-electron chi connectivity index (χ3n) is 3.89. The van der Waals surface area contributed by atoms with Crippen LogP contribution in [0.5, 0.6) is 5.75 Å². The molecule has 2 aromatic carbocycles. The van der Waals surface area contributed by atoms with E-state index < -0.39 is 0 Å². The van der Waals surface area contributed by atoms with Crippen LogP contribution in [0, 0.1) is 0 Å². The van der Waals surface area contributed by atoms with E-state index in [1.807, 2.05) is 60.7 Å². The fourth-order valence-corrected chi connectivity index (χ4v) is 2.49. The first-order valence-corrected chi connectivity index (χ1v) is 8.73. The molecular formula is C21H23N3O. The largest absolute Gasteiger partial charge is 0.494 e. The van der Waals surface area contributed by atoms with Crippen LogP contribution in [-0.4, -0.2) is 17.8 Å². The molecule has 1 aromatic heterocycles. The van der Waals surface area contributed by atoms with Gasteiger partial charge in [-0.2, -0.15) is 5.10 Å². The third kappa shape index (κ3) is 5.05. The zero-order chi connectivity index (χ0) is 17.3. The SMILES string of the molecule is CCCCCOc1ccc(/C=N/Nc2ccc3ccccc3n2)cc1. The molecule has 1 N–H and O–H groups in total. The Kier molecular flexibility index (Phi) is 5.99. The van der Waals surface area contributed by atoms with E-state index in [4.69, 9.17) is 4.74 Å². The Hall–Kier alpha value is -2.88. The molecule has 0 amide bonds. The number of nitrogens with one attached hydrogen (secondary N) is 1. The van der Waals surface area contributed by atoms with E-state index >= 15 is 0 Å². The lowest BCUT2D eigenvalue weighted by molar-refractivity contribution is 0.306. The van der Waals surface area contributed by atoms with Gasteiger partial charge in [0.25, 0.3) is 0 Å². The van der Waals surface area contributed by atoms with E-state index in [-0.39, 0.29) is 0 Å². The fraction of sp³-hybridized carbons (Fsp3) is 0.238. The first kappa shape index (κ1) is 17.0. The van der Waals surface area contributed by atoms with Crippen molar-refractivity contribution >= 4 is 22.9 Å². The molecule has 0 atom stereocenters. The summed E-state index contributed by atoms with van der Waals surface area (Å²) in [5.41, 5.74) is 4.93. The summed E-state index contributed by atoms with van der Waals surface area (Å²) in [5.74, 6) is 1.63. The van der Waals surface area contributed by atoms with Crippen molar-refractivity contribution in [2.75, 3.05) is 12.0 Å². The van der Waals surface area contributed by atoms with E-state index in [1.54, 1.807) is 6.21 Å². The zero-order valence-electron chi connectivity index (χ0n) is 14.5. The minimum Gasteiger partial charge on any atom is -0.494 e. The van der Waals surface area contributed by atoms with Crippen molar-refractivity contribution in [1.29, 1.82) is 0 Å². The van der Waals surface area contributed by atoms with Crippen molar-refractivity contribution in [3.05, 3.63) is 66.2 Å². The van der Waals surface area contributed by atoms with Crippen molar-refractivity contribution in [2.45, 2.75) is 26.2 Å². The number of rotatable bonds is 8. The summed E-state index contributed by atoms with van der Waals surface area (Å²) in [6, 6.07) is 19.9. The van der Waals surface area contributed by atoms with E-state index in [1.165, 1.54) is 12.8 Å². The second kappa shape index (κ2) is 8.83. The second-order valence-electron chi connectivity index (χ2n) is 5.88. The van der Waals surface area contributed by atoms with Gasteiger partial charge in [-0.3, -0.25) is 5.43 Å². The maximum absolute atomic E-state index is 5.71. The van der Waals surface area contributed by atoms with Crippen LogP contribution in [0.2, 0.25) is 0 Å². The third-order valence-corrected chi connectivity index (χ3v) is 3.89. The first-order chi connectivity index (χ1) is 12.3. The van der Waals surface area contributed by atoms with Crippen molar-refractivity contribution < 1.29 is 4.74 Å². The van der Waals surface area contributed by atoms with E-state index in [0.29, 0.717) is 0 Å². The molecule has 0 aliphatic rings. The maximum atomic E-state index is 5.71. The van der Waals surface area contributed by atoms with Gasteiger partial charge in [0, 0.05) is 5.39 Å². The van der Waals surface area contributed by atoms with Gasteiger partial charge in [-0.15, -0.1) is 0 Å². The Morgan fingerprint density at radius 3 is 2.68 bits per heavy atom. The number of unbranched alkanes of at least 4 members (excludes halogenated alkanes) is 2. The van der Waals surface area contributed by atoms with Gasteiger partial charge in [0.05, 0.1) is 18.3 Å². The highest BCUT2D eigenvalue weighted by Gasteiger charge is 1.97. The van der Waals surface area contributed by atoms with Crippen LogP contribution in [0.25, 0.3) is 10.9 Å². The highest BCUT2D eigenvalue weighted by molar-refractivity contribution is 5.81. The Morgan fingerprint density at radius 2 is 1.84 bits per heavy atom. The van der Waals surface area contributed by atoms with Gasteiger partial charge < -0.3 is 4.74 Å². The van der Waals surface area contributed by atoms with Crippen LogP contribution >= 0.6 is 0 Å². The molecule has 0 aliphatic heterocycles. The molecule has 0 aliphatic carbocycles. The number of nitrogens with zero attached hydrogens (tertiary/aromatic N) is 2. The predicted molar refractivity (Wildman–Crippen MR) is 104 cm³/mol. The normalized spacial score (nSPS) is 11.1. The van der Waals surface area contributed by atoms with Gasteiger partial charge in [0.2, 0.25) is 0 Å². The quantitative estimate of drug-likeness (QED) is 0.348. The van der Waals surface area contributed by atoms with Crippen molar-refractivity contribution in [3.63, 3.8) is 0 Å². The van der Waals surface area contributed by atoms with Gasteiger partial charge in [-0.05, 0) is 54.4 Å². The number of aromatic nitrogens is 1. The Bertz CT molecular complexity index is 828. The highest BCUT2D eigenvalue weighted by Crippen LogP contribution is 2.15. The number of hydrogen-bond acceptors (Lipinski definition) is 4. The summed E-state index contributed by atoms with van der Waals surface area (Å²) in [6.45, 7) is 2.96. The summed E-state index contributed by atoms with van der Waals surface area (Å²) in [5, 5.41) is 5.37. The molecule has 0 bridgehead atoms. The number of hydrazone groups is 1. The molecule has 0 spiro atoms. The van der Waals surface area contributed by atoms with Crippen molar-refractivity contribution in [1.82, 2.24) is 4.98 Å². The lowest BCUT2D eigenvalue weighted by Crippen LogP contribution is -1.97. The summed E-state index contributed by atoms with van der Waals surface area (Å²) >= 11 is 0. The molecule has 0 radical (unpaired) electrons. The minimum atomic E-state index is 0.728. The summed E-state index contributed by atoms with van der Waals surface area (Å²) in [6.07, 6.45) is 5.29. The van der Waals surface area contributed by atoms with Crippen LogP contribution in [-0.2, 0) is 0 Å². The Morgan fingerprint density at radius 1 is 1.00 bits per heavy atom. The minimum absolute atomic E-state index is 0.728. The van der Waals surface area contributed by atoms with Gasteiger partial charge in [0.1, 0.15) is 11.6 Å². The Labute approximate surface area is 148 Å². The number of hydrogen-bond donors (Lipinski definition) is 1. The van der Waals surface area contributed by atoms with Crippen LogP contribution in [0.4, 0.5) is 5.82 Å². The smallest absolute Gasteiger partial charge is 0.146 e. The molecule has 4 nitrogen and oxygen atoms in total. The predicted octanol–water partition coefficient (Wildman–Crippen LogP) is 5.25. The summed E-state index contributed by atoms with van der Waals surface area (Å²) in [7, 11) is 0. The van der Waals surface area contributed by atoms with Gasteiger partial charge in [-0.25, -0.2) is 4.98 Å². The van der Waals surface area contributed by atoms with Crippen LogP contribution < -0.4 is 10.2 Å². The number of ether oxygens (including phenoxy) is 1. The molecule has 0 fully saturated rings. The van der Waals surface area contributed by atoms with Crippen molar-refractivity contribution in [2.24, 2.45) is 5.10 Å². The lowest BCUT2D eigenvalue weighted by Gasteiger charge is -2.05. The molecular weight excluding hydrogens is 310 g/mol. The number of benzene rings is 2. The van der Waals surface area contributed by atoms with Crippen LogP contribution in [0.3, 0.4) is 0 Å². The van der Waals surface area contributed by atoms with Gasteiger partial charge >= 0.3 is 0 Å². The first-order valence-electron chi connectivity index (χ1n) is 8.73. The molecule has 3 aromatic rings. The molecule has 4 heteroatoms. The standard InChI is InChI=1S/C21H23N3O/c1-2-3-6-15-25-19-12-9-17(10-13-19)16-22-24-21-14-11-18-7-4-5-8-20(18)23-21/h4-5,7-14,16H,2-3,6,15H2,1H3,(H,23,24)/b22-16+. The lowest BCUT2D eigenvalue weighted by atomic mass is 10.2. The highest BCUT2D eigenvalue weighted by atomic mass is 16.5. The number of fused-ring (bicyclic) bond motifs is 1. The second-order valence-corrected chi connectivity index (χ2v) is 5.88.